The predicted molar refractivity (Wildman–Crippen MR) is 93.0 cm³/mol. The molecule has 2 rings (SSSR count). The summed E-state index contributed by atoms with van der Waals surface area (Å²) in [4.78, 5) is 23.7. The summed E-state index contributed by atoms with van der Waals surface area (Å²) in [6, 6.07) is 11.2. The zero-order valence-corrected chi connectivity index (χ0v) is 14.4. The van der Waals surface area contributed by atoms with E-state index in [0.29, 0.717) is 23.1 Å². The van der Waals surface area contributed by atoms with Crippen LogP contribution in [0.25, 0.3) is 0 Å². The Bertz CT molecular complexity index is 732. The average Bonchev–Trinajstić information content (AvgIpc) is 2.55. The SMILES string of the molecule is CCOc1ccc(NC(=O)COC(=O)c2ccc(Cl)cc2Cl)cc1. The number of carbonyl (C=O) groups is 2. The highest BCUT2D eigenvalue weighted by Crippen LogP contribution is 2.21. The van der Waals surface area contributed by atoms with Crippen molar-refractivity contribution in [1.29, 1.82) is 0 Å². The van der Waals surface area contributed by atoms with E-state index in [1.807, 2.05) is 6.92 Å². The molecule has 0 radical (unpaired) electrons. The van der Waals surface area contributed by atoms with Crippen LogP contribution in [0.3, 0.4) is 0 Å². The molecule has 5 nitrogen and oxygen atoms in total. The molecule has 2 aromatic carbocycles. The van der Waals surface area contributed by atoms with Crippen molar-refractivity contribution in [2.45, 2.75) is 6.92 Å². The summed E-state index contributed by atoms with van der Waals surface area (Å²) < 4.78 is 10.3. The fourth-order valence-corrected chi connectivity index (χ4v) is 2.35. The van der Waals surface area contributed by atoms with Gasteiger partial charge in [-0.2, -0.15) is 0 Å². The van der Waals surface area contributed by atoms with Gasteiger partial charge in [0.2, 0.25) is 0 Å². The van der Waals surface area contributed by atoms with Crippen LogP contribution in [0.1, 0.15) is 17.3 Å². The predicted octanol–water partition coefficient (Wildman–Crippen LogP) is 4.19. The van der Waals surface area contributed by atoms with Crippen molar-refractivity contribution in [3.05, 3.63) is 58.1 Å². The molecule has 7 heteroatoms. The Morgan fingerprint density at radius 3 is 2.42 bits per heavy atom. The van der Waals surface area contributed by atoms with E-state index in [1.54, 1.807) is 24.3 Å². The highest BCUT2D eigenvalue weighted by molar-refractivity contribution is 6.36. The molecule has 0 atom stereocenters. The molecule has 0 aliphatic rings. The minimum atomic E-state index is -0.696. The van der Waals surface area contributed by atoms with Crippen LogP contribution in [0.4, 0.5) is 5.69 Å². The lowest BCUT2D eigenvalue weighted by Gasteiger charge is -2.08. The van der Waals surface area contributed by atoms with Gasteiger partial charge in [-0.15, -0.1) is 0 Å². The van der Waals surface area contributed by atoms with Crippen molar-refractivity contribution in [3.8, 4) is 5.75 Å². The lowest BCUT2D eigenvalue weighted by Crippen LogP contribution is -2.21. The first-order valence-electron chi connectivity index (χ1n) is 7.14. The van der Waals surface area contributed by atoms with Crippen LogP contribution in [0.5, 0.6) is 5.75 Å². The quantitative estimate of drug-likeness (QED) is 0.777. The fraction of sp³-hybridized carbons (Fsp3) is 0.176. The maximum absolute atomic E-state index is 11.9. The zero-order valence-electron chi connectivity index (χ0n) is 12.8. The molecule has 0 unspecified atom stereocenters. The molecule has 0 heterocycles. The summed E-state index contributed by atoms with van der Waals surface area (Å²) in [5, 5.41) is 3.19. The second-order valence-electron chi connectivity index (χ2n) is 4.71. The largest absolute Gasteiger partial charge is 0.494 e. The van der Waals surface area contributed by atoms with Crippen molar-refractivity contribution in [3.63, 3.8) is 0 Å². The first kappa shape index (κ1) is 18.1. The van der Waals surface area contributed by atoms with Gasteiger partial charge in [-0.25, -0.2) is 4.79 Å². The van der Waals surface area contributed by atoms with Gasteiger partial charge >= 0.3 is 5.97 Å². The minimum absolute atomic E-state index is 0.148. The van der Waals surface area contributed by atoms with E-state index in [9.17, 15) is 9.59 Å². The van der Waals surface area contributed by atoms with Crippen LogP contribution < -0.4 is 10.1 Å². The number of anilines is 1. The van der Waals surface area contributed by atoms with Crippen LogP contribution in [0.2, 0.25) is 10.0 Å². The highest BCUT2D eigenvalue weighted by Gasteiger charge is 2.14. The van der Waals surface area contributed by atoms with E-state index in [0.717, 1.165) is 0 Å². The lowest BCUT2D eigenvalue weighted by molar-refractivity contribution is -0.119. The van der Waals surface area contributed by atoms with Crippen LogP contribution >= 0.6 is 23.2 Å². The molecular formula is C17H15Cl2NO4. The number of halogens is 2. The Balaban J connectivity index is 1.87. The summed E-state index contributed by atoms with van der Waals surface area (Å²) in [7, 11) is 0. The Kier molecular flexibility index (Phi) is 6.46. The summed E-state index contributed by atoms with van der Waals surface area (Å²) in [5.74, 6) is -0.449. The number of ether oxygens (including phenoxy) is 2. The fourth-order valence-electron chi connectivity index (χ4n) is 1.86. The number of esters is 1. The Morgan fingerprint density at radius 1 is 1.08 bits per heavy atom. The van der Waals surface area contributed by atoms with Crippen LogP contribution in [0.15, 0.2) is 42.5 Å². The number of nitrogens with one attached hydrogen (secondary N) is 1. The minimum Gasteiger partial charge on any atom is -0.494 e. The number of benzene rings is 2. The monoisotopic (exact) mass is 367 g/mol. The maximum Gasteiger partial charge on any atom is 0.340 e. The number of rotatable bonds is 6. The van der Waals surface area contributed by atoms with E-state index >= 15 is 0 Å². The molecule has 0 saturated heterocycles. The summed E-state index contributed by atoms with van der Waals surface area (Å²) in [5.41, 5.74) is 0.721. The second-order valence-corrected chi connectivity index (χ2v) is 5.55. The third-order valence-corrected chi connectivity index (χ3v) is 3.48. The van der Waals surface area contributed by atoms with Gasteiger partial charge in [0, 0.05) is 10.7 Å². The first-order valence-corrected chi connectivity index (χ1v) is 7.90. The van der Waals surface area contributed by atoms with Crippen LogP contribution in [-0.4, -0.2) is 25.1 Å². The topological polar surface area (TPSA) is 64.6 Å². The van der Waals surface area contributed by atoms with Gasteiger partial charge in [0.25, 0.3) is 5.91 Å². The number of hydrogen-bond donors (Lipinski definition) is 1. The Morgan fingerprint density at radius 2 is 1.79 bits per heavy atom. The number of carbonyl (C=O) groups excluding carboxylic acids is 2. The normalized spacial score (nSPS) is 10.1. The zero-order chi connectivity index (χ0) is 17.5. The number of hydrogen-bond acceptors (Lipinski definition) is 4. The van der Waals surface area contributed by atoms with E-state index in [-0.39, 0.29) is 10.6 Å². The number of amides is 1. The van der Waals surface area contributed by atoms with Gasteiger partial charge in [-0.05, 0) is 49.4 Å². The molecule has 0 saturated carbocycles. The van der Waals surface area contributed by atoms with Crippen LogP contribution in [0, 0.1) is 0 Å². The molecule has 1 N–H and O–H groups in total. The van der Waals surface area contributed by atoms with Crippen molar-refractivity contribution in [2.75, 3.05) is 18.5 Å². The first-order chi connectivity index (χ1) is 11.5. The Hall–Kier alpha value is -2.24. The van der Waals surface area contributed by atoms with Gasteiger partial charge < -0.3 is 14.8 Å². The molecule has 2 aromatic rings. The molecule has 126 valence electrons. The van der Waals surface area contributed by atoms with Gasteiger partial charge in [0.15, 0.2) is 6.61 Å². The van der Waals surface area contributed by atoms with E-state index in [2.05, 4.69) is 5.32 Å². The maximum atomic E-state index is 11.9. The van der Waals surface area contributed by atoms with E-state index < -0.39 is 18.5 Å². The standard InChI is InChI=1S/C17H15Cl2NO4/c1-2-23-13-6-4-12(5-7-13)20-16(21)10-24-17(22)14-8-3-11(18)9-15(14)19/h3-9H,2,10H2,1H3,(H,20,21). The van der Waals surface area contributed by atoms with Gasteiger partial charge in [-0.3, -0.25) is 4.79 Å². The average molecular weight is 368 g/mol. The highest BCUT2D eigenvalue weighted by atomic mass is 35.5. The lowest BCUT2D eigenvalue weighted by atomic mass is 10.2. The summed E-state index contributed by atoms with van der Waals surface area (Å²) in [6.07, 6.45) is 0. The van der Waals surface area contributed by atoms with Crippen molar-refractivity contribution >= 4 is 40.8 Å². The van der Waals surface area contributed by atoms with Gasteiger partial charge in [0.05, 0.1) is 17.2 Å². The third-order valence-electron chi connectivity index (χ3n) is 2.93. The summed E-state index contributed by atoms with van der Waals surface area (Å²) >= 11 is 11.7. The molecule has 0 bridgehead atoms. The Labute approximate surface area is 149 Å². The molecule has 0 aromatic heterocycles. The molecule has 24 heavy (non-hydrogen) atoms. The molecule has 0 aliphatic carbocycles. The molecule has 0 fully saturated rings. The molecule has 0 spiro atoms. The molecular weight excluding hydrogens is 353 g/mol. The smallest absolute Gasteiger partial charge is 0.340 e. The van der Waals surface area contributed by atoms with Crippen LogP contribution in [-0.2, 0) is 9.53 Å². The second kappa shape index (κ2) is 8.57. The molecule has 1 amide bonds. The third kappa shape index (κ3) is 5.15. The van der Waals surface area contributed by atoms with Crippen molar-refractivity contribution in [1.82, 2.24) is 0 Å². The van der Waals surface area contributed by atoms with Gasteiger partial charge in [-0.1, -0.05) is 23.2 Å². The molecule has 0 aliphatic heterocycles. The van der Waals surface area contributed by atoms with Gasteiger partial charge in [0.1, 0.15) is 5.75 Å². The van der Waals surface area contributed by atoms with E-state index in [4.69, 9.17) is 32.7 Å². The van der Waals surface area contributed by atoms with E-state index in [1.165, 1.54) is 18.2 Å². The van der Waals surface area contributed by atoms with Crippen molar-refractivity contribution in [2.24, 2.45) is 0 Å². The van der Waals surface area contributed by atoms with Crippen molar-refractivity contribution < 1.29 is 19.1 Å². The summed E-state index contributed by atoms with van der Waals surface area (Å²) in [6.45, 7) is 2.02.